The molecule has 0 aliphatic heterocycles. The van der Waals surface area contributed by atoms with E-state index >= 15 is 0 Å². The second-order valence-corrected chi connectivity index (χ2v) is 7.33. The number of carbonyl (C=O) groups excluding carboxylic acids is 1. The number of rotatable bonds is 9. The first-order chi connectivity index (χ1) is 14.0. The number of carbonyl (C=O) groups is 2. The SMILES string of the molecule is CCCC(NC(=O)Cc1csc2nc(-c3cc(OC)ccc3OC)cn12)C(=O)O. The van der Waals surface area contributed by atoms with Crippen LogP contribution in [-0.4, -0.2) is 46.6 Å². The molecule has 2 heterocycles. The summed E-state index contributed by atoms with van der Waals surface area (Å²) < 4.78 is 12.6. The van der Waals surface area contributed by atoms with E-state index in [2.05, 4.69) is 10.3 Å². The van der Waals surface area contributed by atoms with Gasteiger partial charge in [0.1, 0.15) is 17.5 Å². The number of thiazole rings is 1. The van der Waals surface area contributed by atoms with Gasteiger partial charge in [0.15, 0.2) is 4.96 Å². The Morgan fingerprint density at radius 1 is 1.31 bits per heavy atom. The van der Waals surface area contributed by atoms with Crippen molar-refractivity contribution >= 4 is 28.2 Å². The van der Waals surface area contributed by atoms with Gasteiger partial charge in [0.2, 0.25) is 5.91 Å². The number of imidazole rings is 1. The first-order valence-corrected chi connectivity index (χ1v) is 10.0. The van der Waals surface area contributed by atoms with Crippen LogP contribution < -0.4 is 14.8 Å². The molecule has 3 aromatic rings. The molecule has 0 fully saturated rings. The number of fused-ring (bicyclic) bond motifs is 1. The standard InChI is InChI=1S/C20H23N3O5S/c1-4-5-15(19(25)26)21-18(24)8-12-11-29-20-22-16(10-23(12)20)14-9-13(27-2)6-7-17(14)28-3/h6-7,9-11,15H,4-5,8H2,1-3H3,(H,21,24)(H,25,26). The van der Waals surface area contributed by atoms with Crippen LogP contribution in [0.5, 0.6) is 11.5 Å². The summed E-state index contributed by atoms with van der Waals surface area (Å²) in [7, 11) is 3.19. The van der Waals surface area contributed by atoms with Crippen LogP contribution in [-0.2, 0) is 16.0 Å². The van der Waals surface area contributed by atoms with Crippen molar-refractivity contribution in [2.24, 2.45) is 0 Å². The summed E-state index contributed by atoms with van der Waals surface area (Å²) in [5.41, 5.74) is 2.22. The summed E-state index contributed by atoms with van der Waals surface area (Å²) in [4.78, 5) is 29.0. The number of amides is 1. The lowest BCUT2D eigenvalue weighted by Gasteiger charge is -2.13. The highest BCUT2D eigenvalue weighted by atomic mass is 32.1. The molecule has 0 spiro atoms. The summed E-state index contributed by atoms with van der Waals surface area (Å²) in [6.07, 6.45) is 2.98. The van der Waals surface area contributed by atoms with Crippen molar-refractivity contribution in [3.8, 4) is 22.8 Å². The van der Waals surface area contributed by atoms with Crippen molar-refractivity contribution < 1.29 is 24.2 Å². The number of aromatic nitrogens is 2. The Hall–Kier alpha value is -3.07. The van der Waals surface area contributed by atoms with Gasteiger partial charge in [-0.1, -0.05) is 13.3 Å². The second-order valence-electron chi connectivity index (χ2n) is 6.50. The van der Waals surface area contributed by atoms with Crippen LogP contribution in [0.3, 0.4) is 0 Å². The first-order valence-electron chi connectivity index (χ1n) is 9.16. The van der Waals surface area contributed by atoms with Crippen LogP contribution in [0, 0.1) is 0 Å². The zero-order valence-corrected chi connectivity index (χ0v) is 17.3. The molecule has 0 aliphatic rings. The maximum absolute atomic E-state index is 12.4. The van der Waals surface area contributed by atoms with Gasteiger partial charge in [-0.05, 0) is 24.6 Å². The largest absolute Gasteiger partial charge is 0.497 e. The van der Waals surface area contributed by atoms with Crippen molar-refractivity contribution in [3.05, 3.63) is 35.5 Å². The fourth-order valence-electron chi connectivity index (χ4n) is 3.06. The van der Waals surface area contributed by atoms with Gasteiger partial charge in [-0.2, -0.15) is 0 Å². The Kier molecular flexibility index (Phi) is 6.38. The van der Waals surface area contributed by atoms with Crippen LogP contribution in [0.4, 0.5) is 0 Å². The highest BCUT2D eigenvalue weighted by Gasteiger charge is 2.20. The molecule has 0 bridgehead atoms. The van der Waals surface area contributed by atoms with Gasteiger partial charge in [0.25, 0.3) is 0 Å². The molecule has 0 saturated heterocycles. The van der Waals surface area contributed by atoms with E-state index in [1.165, 1.54) is 11.3 Å². The fraction of sp³-hybridized carbons (Fsp3) is 0.350. The number of carboxylic acids is 1. The predicted molar refractivity (Wildman–Crippen MR) is 110 cm³/mol. The monoisotopic (exact) mass is 417 g/mol. The van der Waals surface area contributed by atoms with E-state index in [9.17, 15) is 14.7 Å². The van der Waals surface area contributed by atoms with E-state index in [-0.39, 0.29) is 12.3 Å². The van der Waals surface area contributed by atoms with Crippen molar-refractivity contribution in [1.29, 1.82) is 0 Å². The molecular weight excluding hydrogens is 394 g/mol. The van der Waals surface area contributed by atoms with Crippen LogP contribution in [0.2, 0.25) is 0 Å². The number of benzene rings is 1. The number of nitrogens with zero attached hydrogens (tertiary/aromatic N) is 2. The number of methoxy groups -OCH3 is 2. The third-order valence-electron chi connectivity index (χ3n) is 4.52. The highest BCUT2D eigenvalue weighted by molar-refractivity contribution is 7.15. The number of nitrogens with one attached hydrogen (secondary N) is 1. The normalized spacial score (nSPS) is 12.0. The van der Waals surface area contributed by atoms with Crippen molar-refractivity contribution in [1.82, 2.24) is 14.7 Å². The van der Waals surface area contributed by atoms with Gasteiger partial charge < -0.3 is 19.9 Å². The number of hydrogen-bond acceptors (Lipinski definition) is 6. The molecule has 9 heteroatoms. The van der Waals surface area contributed by atoms with Gasteiger partial charge in [0.05, 0.1) is 26.3 Å². The predicted octanol–water partition coefficient (Wildman–Crippen LogP) is 2.99. The van der Waals surface area contributed by atoms with E-state index in [0.29, 0.717) is 30.0 Å². The average molecular weight is 417 g/mol. The number of aliphatic carboxylic acids is 1. The molecule has 1 amide bonds. The number of ether oxygens (including phenoxy) is 2. The first kappa shape index (κ1) is 20.7. The lowest BCUT2D eigenvalue weighted by molar-refractivity contribution is -0.141. The van der Waals surface area contributed by atoms with E-state index in [1.807, 2.05) is 41.1 Å². The Morgan fingerprint density at radius 2 is 2.10 bits per heavy atom. The molecule has 29 heavy (non-hydrogen) atoms. The molecular formula is C20H23N3O5S. The van der Waals surface area contributed by atoms with E-state index < -0.39 is 12.0 Å². The number of carboxylic acid groups (broad SMARTS) is 1. The summed E-state index contributed by atoms with van der Waals surface area (Å²) in [6.45, 7) is 1.88. The molecule has 8 nitrogen and oxygen atoms in total. The van der Waals surface area contributed by atoms with Crippen LogP contribution in [0.15, 0.2) is 29.8 Å². The van der Waals surface area contributed by atoms with Gasteiger partial charge in [0, 0.05) is 22.8 Å². The molecule has 0 saturated carbocycles. The molecule has 0 aliphatic carbocycles. The lowest BCUT2D eigenvalue weighted by atomic mass is 10.1. The van der Waals surface area contributed by atoms with Crippen molar-refractivity contribution in [3.63, 3.8) is 0 Å². The van der Waals surface area contributed by atoms with Gasteiger partial charge >= 0.3 is 5.97 Å². The summed E-state index contributed by atoms with van der Waals surface area (Å²) in [6, 6.07) is 4.60. The summed E-state index contributed by atoms with van der Waals surface area (Å²) in [5, 5.41) is 13.7. The second kappa shape index (κ2) is 8.95. The topological polar surface area (TPSA) is 102 Å². The molecule has 1 unspecified atom stereocenters. The lowest BCUT2D eigenvalue weighted by Crippen LogP contribution is -2.41. The zero-order chi connectivity index (χ0) is 21.0. The van der Waals surface area contributed by atoms with E-state index in [0.717, 1.165) is 16.2 Å². The molecule has 1 atom stereocenters. The van der Waals surface area contributed by atoms with Crippen molar-refractivity contribution in [2.75, 3.05) is 14.2 Å². The summed E-state index contributed by atoms with van der Waals surface area (Å²) >= 11 is 1.41. The minimum atomic E-state index is -1.02. The Bertz CT molecular complexity index is 1030. The maximum Gasteiger partial charge on any atom is 0.326 e. The Balaban J connectivity index is 1.85. The molecule has 3 rings (SSSR count). The molecule has 1 aromatic carbocycles. The molecule has 154 valence electrons. The van der Waals surface area contributed by atoms with E-state index in [1.54, 1.807) is 14.2 Å². The quantitative estimate of drug-likeness (QED) is 0.555. The van der Waals surface area contributed by atoms with Crippen LogP contribution >= 0.6 is 11.3 Å². The zero-order valence-electron chi connectivity index (χ0n) is 16.5. The van der Waals surface area contributed by atoms with Gasteiger partial charge in [-0.25, -0.2) is 9.78 Å². The number of hydrogen-bond donors (Lipinski definition) is 2. The van der Waals surface area contributed by atoms with Gasteiger partial charge in [-0.15, -0.1) is 11.3 Å². The minimum Gasteiger partial charge on any atom is -0.497 e. The Labute approximate surface area is 172 Å². The highest BCUT2D eigenvalue weighted by Crippen LogP contribution is 2.34. The van der Waals surface area contributed by atoms with Gasteiger partial charge in [-0.3, -0.25) is 9.20 Å². The minimum absolute atomic E-state index is 0.0680. The Morgan fingerprint density at radius 3 is 2.76 bits per heavy atom. The molecule has 2 N–H and O–H groups in total. The van der Waals surface area contributed by atoms with Crippen molar-refractivity contribution in [2.45, 2.75) is 32.2 Å². The average Bonchev–Trinajstić information content (AvgIpc) is 3.29. The van der Waals surface area contributed by atoms with Crippen LogP contribution in [0.25, 0.3) is 16.2 Å². The van der Waals surface area contributed by atoms with E-state index in [4.69, 9.17) is 9.47 Å². The third-order valence-corrected chi connectivity index (χ3v) is 5.41. The fourth-order valence-corrected chi connectivity index (χ4v) is 3.93. The smallest absolute Gasteiger partial charge is 0.326 e. The summed E-state index contributed by atoms with van der Waals surface area (Å²) in [5.74, 6) is -0.00225. The van der Waals surface area contributed by atoms with Crippen LogP contribution in [0.1, 0.15) is 25.5 Å². The maximum atomic E-state index is 12.4. The third kappa shape index (κ3) is 4.51. The molecule has 2 aromatic heterocycles. The molecule has 0 radical (unpaired) electrons.